The molecule has 0 aliphatic carbocycles. The van der Waals surface area contributed by atoms with E-state index in [1.165, 1.54) is 10.9 Å². The molecule has 0 aromatic carbocycles. The van der Waals surface area contributed by atoms with Gasteiger partial charge in [-0.25, -0.2) is 9.97 Å². The Kier molecular flexibility index (Phi) is 2.59. The fourth-order valence-corrected chi connectivity index (χ4v) is 1.87. The van der Waals surface area contributed by atoms with Crippen molar-refractivity contribution >= 4 is 11.0 Å². The highest BCUT2D eigenvalue weighted by Crippen LogP contribution is 2.15. The van der Waals surface area contributed by atoms with Crippen LogP contribution in [0, 0.1) is 0 Å². The second kappa shape index (κ2) is 4.39. The van der Waals surface area contributed by atoms with Gasteiger partial charge in [0.15, 0.2) is 0 Å². The van der Waals surface area contributed by atoms with Crippen LogP contribution >= 0.6 is 0 Å². The Morgan fingerprint density at radius 3 is 3.00 bits per heavy atom. The van der Waals surface area contributed by atoms with E-state index in [0.717, 1.165) is 24.6 Å². The predicted molar refractivity (Wildman–Crippen MR) is 65.2 cm³/mol. The zero-order valence-corrected chi connectivity index (χ0v) is 9.27. The van der Waals surface area contributed by atoms with Gasteiger partial charge in [0.25, 0.3) is 0 Å². The summed E-state index contributed by atoms with van der Waals surface area (Å²) in [5, 5.41) is 4.51. The summed E-state index contributed by atoms with van der Waals surface area (Å²) in [5.41, 5.74) is 2.15. The molecule has 3 rings (SSSR count). The lowest BCUT2D eigenvalue weighted by atomic mass is 10.2. The minimum Gasteiger partial charge on any atom is -0.348 e. The molecular weight excluding hydrogens is 214 g/mol. The van der Waals surface area contributed by atoms with Crippen LogP contribution in [0.1, 0.15) is 11.4 Å². The molecule has 3 N–H and O–H groups in total. The zero-order chi connectivity index (χ0) is 11.5. The van der Waals surface area contributed by atoms with Crippen molar-refractivity contribution in [1.29, 1.82) is 0 Å². The summed E-state index contributed by atoms with van der Waals surface area (Å²) in [5.74, 6) is 0.947. The van der Waals surface area contributed by atoms with E-state index in [1.807, 2.05) is 18.5 Å². The Morgan fingerprint density at radius 2 is 2.12 bits per heavy atom. The molecule has 0 aliphatic heterocycles. The van der Waals surface area contributed by atoms with Gasteiger partial charge in [0.1, 0.15) is 11.5 Å². The average Bonchev–Trinajstić information content (AvgIpc) is 2.99. The van der Waals surface area contributed by atoms with Crippen LogP contribution in [0.25, 0.3) is 11.0 Å². The quantitative estimate of drug-likeness (QED) is 0.633. The summed E-state index contributed by atoms with van der Waals surface area (Å²) in [7, 11) is 0. The summed E-state index contributed by atoms with van der Waals surface area (Å²) >= 11 is 0. The number of nitrogens with one attached hydrogen (secondary N) is 3. The third-order valence-corrected chi connectivity index (χ3v) is 2.70. The molecule has 3 heterocycles. The van der Waals surface area contributed by atoms with E-state index in [4.69, 9.17) is 0 Å². The van der Waals surface area contributed by atoms with Crippen LogP contribution in [0.5, 0.6) is 0 Å². The maximum Gasteiger partial charge on any atom is 0.137 e. The second-order valence-electron chi connectivity index (χ2n) is 3.85. The lowest BCUT2D eigenvalue weighted by Crippen LogP contribution is -2.13. The van der Waals surface area contributed by atoms with Crippen LogP contribution in [0.2, 0.25) is 0 Å². The van der Waals surface area contributed by atoms with Gasteiger partial charge in [-0.3, -0.25) is 0 Å². The zero-order valence-electron chi connectivity index (χ0n) is 9.27. The van der Waals surface area contributed by atoms with Gasteiger partial charge in [0, 0.05) is 36.7 Å². The van der Waals surface area contributed by atoms with Crippen molar-refractivity contribution in [3.63, 3.8) is 0 Å². The highest BCUT2D eigenvalue weighted by Gasteiger charge is 2.03. The first-order chi connectivity index (χ1) is 8.43. The monoisotopic (exact) mass is 227 g/mol. The maximum absolute atomic E-state index is 4.26. The Bertz CT molecular complexity index is 596. The Labute approximate surface area is 98.3 Å². The molecule has 5 heteroatoms. The molecule has 3 aromatic heterocycles. The third kappa shape index (κ3) is 2.05. The summed E-state index contributed by atoms with van der Waals surface area (Å²) in [6.07, 6.45) is 7.37. The standard InChI is InChI=1S/C12H13N5/c1-2-10-9(7-17-12(10)16-3-1)6-13-8-11-14-4-5-15-11/h1-5,7,13H,6,8H2,(H,14,15)(H,16,17). The number of nitrogens with zero attached hydrogens (tertiary/aromatic N) is 2. The van der Waals surface area contributed by atoms with E-state index >= 15 is 0 Å². The number of fused-ring (bicyclic) bond motifs is 1. The van der Waals surface area contributed by atoms with Gasteiger partial charge in [-0.2, -0.15) is 0 Å². The highest BCUT2D eigenvalue weighted by atomic mass is 15.0. The van der Waals surface area contributed by atoms with Crippen LogP contribution in [0.4, 0.5) is 0 Å². The Hall–Kier alpha value is -2.14. The predicted octanol–water partition coefficient (Wildman–Crippen LogP) is 1.58. The molecule has 0 bridgehead atoms. The van der Waals surface area contributed by atoms with Gasteiger partial charge >= 0.3 is 0 Å². The van der Waals surface area contributed by atoms with Crippen LogP contribution in [-0.4, -0.2) is 19.9 Å². The number of rotatable bonds is 4. The van der Waals surface area contributed by atoms with E-state index in [9.17, 15) is 0 Å². The molecule has 17 heavy (non-hydrogen) atoms. The average molecular weight is 227 g/mol. The second-order valence-corrected chi connectivity index (χ2v) is 3.85. The molecule has 3 aromatic rings. The number of aromatic amines is 2. The smallest absolute Gasteiger partial charge is 0.137 e. The number of hydrogen-bond acceptors (Lipinski definition) is 3. The minimum atomic E-state index is 0.736. The molecule has 0 unspecified atom stereocenters. The molecule has 0 fully saturated rings. The van der Waals surface area contributed by atoms with Gasteiger partial charge < -0.3 is 15.3 Å². The van der Waals surface area contributed by atoms with E-state index in [1.54, 1.807) is 12.4 Å². The number of hydrogen-bond donors (Lipinski definition) is 3. The van der Waals surface area contributed by atoms with Gasteiger partial charge in [0.05, 0.1) is 6.54 Å². The van der Waals surface area contributed by atoms with Crippen LogP contribution in [-0.2, 0) is 13.1 Å². The van der Waals surface area contributed by atoms with Crippen molar-refractivity contribution < 1.29 is 0 Å². The molecule has 0 saturated heterocycles. The summed E-state index contributed by atoms with van der Waals surface area (Å²) < 4.78 is 0. The Morgan fingerprint density at radius 1 is 1.12 bits per heavy atom. The van der Waals surface area contributed by atoms with Gasteiger partial charge in [-0.05, 0) is 17.7 Å². The summed E-state index contributed by atoms with van der Waals surface area (Å²) in [4.78, 5) is 14.6. The molecule has 0 amide bonds. The molecule has 0 atom stereocenters. The van der Waals surface area contributed by atoms with E-state index < -0.39 is 0 Å². The lowest BCUT2D eigenvalue weighted by Gasteiger charge is -2.01. The summed E-state index contributed by atoms with van der Waals surface area (Å²) in [6, 6.07) is 4.02. The normalized spacial score (nSPS) is 11.1. The first kappa shape index (κ1) is 10.0. The number of imidazole rings is 1. The number of pyridine rings is 1. The van der Waals surface area contributed by atoms with Gasteiger partial charge in [-0.1, -0.05) is 0 Å². The maximum atomic E-state index is 4.26. The van der Waals surface area contributed by atoms with Crippen LogP contribution in [0.15, 0.2) is 36.9 Å². The van der Waals surface area contributed by atoms with Crippen molar-refractivity contribution in [3.05, 3.63) is 48.3 Å². The fourth-order valence-electron chi connectivity index (χ4n) is 1.87. The molecular formula is C12H13N5. The fraction of sp³-hybridized carbons (Fsp3) is 0.167. The Balaban J connectivity index is 1.69. The van der Waals surface area contributed by atoms with E-state index in [-0.39, 0.29) is 0 Å². The van der Waals surface area contributed by atoms with Crippen LogP contribution < -0.4 is 5.32 Å². The summed E-state index contributed by atoms with van der Waals surface area (Å²) in [6.45, 7) is 1.53. The van der Waals surface area contributed by atoms with Crippen molar-refractivity contribution in [1.82, 2.24) is 25.3 Å². The van der Waals surface area contributed by atoms with Crippen molar-refractivity contribution in [2.45, 2.75) is 13.1 Å². The van der Waals surface area contributed by atoms with Gasteiger partial charge in [0.2, 0.25) is 0 Å². The van der Waals surface area contributed by atoms with Crippen molar-refractivity contribution in [2.24, 2.45) is 0 Å². The first-order valence-corrected chi connectivity index (χ1v) is 5.53. The van der Waals surface area contributed by atoms with Gasteiger partial charge in [-0.15, -0.1) is 0 Å². The molecule has 0 radical (unpaired) electrons. The molecule has 86 valence electrons. The lowest BCUT2D eigenvalue weighted by molar-refractivity contribution is 0.671. The van der Waals surface area contributed by atoms with E-state index in [0.29, 0.717) is 0 Å². The van der Waals surface area contributed by atoms with E-state index in [2.05, 4.69) is 31.3 Å². The number of aromatic nitrogens is 4. The molecule has 0 aliphatic rings. The van der Waals surface area contributed by atoms with Crippen LogP contribution in [0.3, 0.4) is 0 Å². The molecule has 0 spiro atoms. The molecule has 0 saturated carbocycles. The topological polar surface area (TPSA) is 69.4 Å². The number of H-pyrrole nitrogens is 2. The third-order valence-electron chi connectivity index (χ3n) is 2.70. The van der Waals surface area contributed by atoms with Crippen molar-refractivity contribution in [3.8, 4) is 0 Å². The first-order valence-electron chi connectivity index (χ1n) is 5.53. The van der Waals surface area contributed by atoms with Crippen molar-refractivity contribution in [2.75, 3.05) is 0 Å². The largest absolute Gasteiger partial charge is 0.348 e. The minimum absolute atomic E-state index is 0.736. The highest BCUT2D eigenvalue weighted by molar-refractivity contribution is 5.79. The molecule has 5 nitrogen and oxygen atoms in total. The SMILES string of the molecule is c1cnc2[nH]cc(CNCc3ncc[nH]3)c2c1.